The Kier molecular flexibility index (Phi) is 4.73. The lowest BCUT2D eigenvalue weighted by Crippen LogP contribution is -2.08. The van der Waals surface area contributed by atoms with E-state index in [1.165, 1.54) is 6.07 Å². The second-order valence-corrected chi connectivity index (χ2v) is 5.30. The fraction of sp³-hybridized carbons (Fsp3) is 0.200. The topological polar surface area (TPSA) is 35.2 Å². The van der Waals surface area contributed by atoms with E-state index in [2.05, 4.69) is 15.9 Å². The van der Waals surface area contributed by atoms with Crippen LogP contribution in [0, 0.1) is 11.6 Å². The molecule has 0 heterocycles. The SMILES string of the molecule is CC[C@@H](N)c1ccc(Oc2cc(Br)cc(F)c2F)cc1. The quantitative estimate of drug-likeness (QED) is 0.800. The average Bonchev–Trinajstić information content (AvgIpc) is 2.44. The third kappa shape index (κ3) is 3.35. The Hall–Kier alpha value is -1.46. The van der Waals surface area contributed by atoms with Gasteiger partial charge in [-0.15, -0.1) is 0 Å². The van der Waals surface area contributed by atoms with Crippen LogP contribution in [0.2, 0.25) is 0 Å². The molecule has 0 amide bonds. The standard InChI is InChI=1S/C15H14BrF2NO/c1-2-13(19)9-3-5-11(6-4-9)20-14-8-10(16)7-12(17)15(14)18/h3-8,13H,2,19H2,1H3/t13-/m1/s1. The first-order valence-electron chi connectivity index (χ1n) is 6.19. The van der Waals surface area contributed by atoms with Crippen LogP contribution in [-0.2, 0) is 0 Å². The average molecular weight is 342 g/mol. The summed E-state index contributed by atoms with van der Waals surface area (Å²) in [6.45, 7) is 1.99. The maximum atomic E-state index is 13.6. The molecular formula is C15H14BrF2NO. The molecule has 106 valence electrons. The molecule has 2 nitrogen and oxygen atoms in total. The monoisotopic (exact) mass is 341 g/mol. The third-order valence-electron chi connectivity index (χ3n) is 2.94. The fourth-order valence-corrected chi connectivity index (χ4v) is 2.16. The van der Waals surface area contributed by atoms with Crippen LogP contribution >= 0.6 is 15.9 Å². The molecule has 20 heavy (non-hydrogen) atoms. The van der Waals surface area contributed by atoms with Crippen LogP contribution < -0.4 is 10.5 Å². The largest absolute Gasteiger partial charge is 0.454 e. The van der Waals surface area contributed by atoms with Gasteiger partial charge < -0.3 is 10.5 Å². The van der Waals surface area contributed by atoms with Gasteiger partial charge >= 0.3 is 0 Å². The van der Waals surface area contributed by atoms with Crippen molar-refractivity contribution in [3.05, 3.63) is 58.1 Å². The molecule has 2 aromatic rings. The van der Waals surface area contributed by atoms with Crippen molar-refractivity contribution < 1.29 is 13.5 Å². The summed E-state index contributed by atoms with van der Waals surface area (Å²) in [6.07, 6.45) is 0.825. The second kappa shape index (κ2) is 6.33. The van der Waals surface area contributed by atoms with Crippen LogP contribution in [0.1, 0.15) is 24.9 Å². The summed E-state index contributed by atoms with van der Waals surface area (Å²) >= 11 is 3.10. The molecule has 5 heteroatoms. The molecule has 0 saturated carbocycles. The van der Waals surface area contributed by atoms with Gasteiger partial charge in [-0.1, -0.05) is 35.0 Å². The summed E-state index contributed by atoms with van der Waals surface area (Å²) in [5.41, 5.74) is 6.88. The van der Waals surface area contributed by atoms with E-state index in [9.17, 15) is 8.78 Å². The molecule has 0 unspecified atom stereocenters. The minimum Gasteiger partial charge on any atom is -0.454 e. The Morgan fingerprint density at radius 3 is 2.45 bits per heavy atom. The minimum atomic E-state index is -1.01. The Morgan fingerprint density at radius 1 is 1.20 bits per heavy atom. The molecule has 1 atom stereocenters. The van der Waals surface area contributed by atoms with Crippen molar-refractivity contribution in [2.75, 3.05) is 0 Å². The van der Waals surface area contributed by atoms with Gasteiger partial charge in [-0.05, 0) is 36.2 Å². The van der Waals surface area contributed by atoms with E-state index in [4.69, 9.17) is 10.5 Å². The maximum absolute atomic E-state index is 13.6. The Bertz CT molecular complexity index is 602. The van der Waals surface area contributed by atoms with Crippen LogP contribution in [0.15, 0.2) is 40.9 Å². The van der Waals surface area contributed by atoms with Gasteiger partial charge in [-0.2, -0.15) is 4.39 Å². The molecule has 0 fully saturated rings. The summed E-state index contributed by atoms with van der Waals surface area (Å²) in [7, 11) is 0. The van der Waals surface area contributed by atoms with Crippen LogP contribution in [0.3, 0.4) is 0 Å². The van der Waals surface area contributed by atoms with Gasteiger partial charge in [0.1, 0.15) is 5.75 Å². The van der Waals surface area contributed by atoms with Crippen LogP contribution in [0.5, 0.6) is 11.5 Å². The molecule has 0 aliphatic rings. The normalized spacial score (nSPS) is 12.2. The number of benzene rings is 2. The van der Waals surface area contributed by atoms with E-state index in [0.717, 1.165) is 18.1 Å². The smallest absolute Gasteiger partial charge is 0.201 e. The van der Waals surface area contributed by atoms with Crippen molar-refractivity contribution in [3.8, 4) is 11.5 Å². The number of halogens is 3. The molecule has 2 N–H and O–H groups in total. The minimum absolute atomic E-state index is 0.0379. The first-order chi connectivity index (χ1) is 9.51. The van der Waals surface area contributed by atoms with E-state index in [1.54, 1.807) is 12.1 Å². The molecule has 2 rings (SSSR count). The van der Waals surface area contributed by atoms with Crippen LogP contribution in [-0.4, -0.2) is 0 Å². The number of rotatable bonds is 4. The third-order valence-corrected chi connectivity index (χ3v) is 3.39. The van der Waals surface area contributed by atoms with E-state index in [1.807, 2.05) is 19.1 Å². The number of hydrogen-bond acceptors (Lipinski definition) is 2. The predicted octanol–water partition coefficient (Wildman–Crippen LogP) is 4.93. The molecule has 0 aliphatic heterocycles. The molecule has 0 bridgehead atoms. The lowest BCUT2D eigenvalue weighted by molar-refractivity contribution is 0.415. The second-order valence-electron chi connectivity index (χ2n) is 4.39. The van der Waals surface area contributed by atoms with Gasteiger partial charge in [0.2, 0.25) is 5.82 Å². The van der Waals surface area contributed by atoms with E-state index in [0.29, 0.717) is 10.2 Å². The van der Waals surface area contributed by atoms with Gasteiger partial charge in [0, 0.05) is 10.5 Å². The van der Waals surface area contributed by atoms with Crippen molar-refractivity contribution >= 4 is 15.9 Å². The first-order valence-corrected chi connectivity index (χ1v) is 6.98. The van der Waals surface area contributed by atoms with E-state index in [-0.39, 0.29) is 11.8 Å². The van der Waals surface area contributed by atoms with Gasteiger partial charge in [0.05, 0.1) is 0 Å². The highest BCUT2D eigenvalue weighted by Crippen LogP contribution is 2.30. The Morgan fingerprint density at radius 2 is 1.85 bits per heavy atom. The Balaban J connectivity index is 2.22. The molecule has 0 saturated heterocycles. The lowest BCUT2D eigenvalue weighted by Gasteiger charge is -2.11. The summed E-state index contributed by atoms with van der Waals surface area (Å²) in [5, 5.41) is 0. The summed E-state index contributed by atoms with van der Waals surface area (Å²) in [4.78, 5) is 0. The summed E-state index contributed by atoms with van der Waals surface area (Å²) in [5.74, 6) is -1.71. The molecular weight excluding hydrogens is 328 g/mol. The fourth-order valence-electron chi connectivity index (χ4n) is 1.75. The van der Waals surface area contributed by atoms with Gasteiger partial charge in [0.25, 0.3) is 0 Å². The summed E-state index contributed by atoms with van der Waals surface area (Å²) < 4.78 is 32.6. The van der Waals surface area contributed by atoms with Crippen LogP contribution in [0.4, 0.5) is 8.78 Å². The predicted molar refractivity (Wildman–Crippen MR) is 77.8 cm³/mol. The Labute approximate surface area is 124 Å². The molecule has 0 radical (unpaired) electrons. The zero-order chi connectivity index (χ0) is 14.7. The maximum Gasteiger partial charge on any atom is 0.201 e. The van der Waals surface area contributed by atoms with Crippen molar-refractivity contribution in [1.29, 1.82) is 0 Å². The zero-order valence-corrected chi connectivity index (χ0v) is 12.5. The highest BCUT2D eigenvalue weighted by Gasteiger charge is 2.12. The zero-order valence-electron chi connectivity index (χ0n) is 10.9. The number of nitrogens with two attached hydrogens (primary N) is 1. The van der Waals surface area contributed by atoms with Crippen LogP contribution in [0.25, 0.3) is 0 Å². The highest BCUT2D eigenvalue weighted by atomic mass is 79.9. The molecule has 0 spiro atoms. The first kappa shape index (κ1) is 14.9. The van der Waals surface area contributed by atoms with Gasteiger partial charge in [-0.25, -0.2) is 4.39 Å². The van der Waals surface area contributed by atoms with Crippen molar-refractivity contribution in [3.63, 3.8) is 0 Å². The molecule has 0 aromatic heterocycles. The number of hydrogen-bond donors (Lipinski definition) is 1. The van der Waals surface area contributed by atoms with Gasteiger partial charge in [0.15, 0.2) is 11.6 Å². The highest BCUT2D eigenvalue weighted by molar-refractivity contribution is 9.10. The van der Waals surface area contributed by atoms with E-state index < -0.39 is 11.6 Å². The number of ether oxygens (including phenoxy) is 1. The molecule has 2 aromatic carbocycles. The van der Waals surface area contributed by atoms with E-state index >= 15 is 0 Å². The van der Waals surface area contributed by atoms with Gasteiger partial charge in [-0.3, -0.25) is 0 Å². The molecule has 0 aliphatic carbocycles. The lowest BCUT2D eigenvalue weighted by atomic mass is 10.1. The summed E-state index contributed by atoms with van der Waals surface area (Å²) in [6, 6.07) is 9.39. The van der Waals surface area contributed by atoms with Crippen molar-refractivity contribution in [2.45, 2.75) is 19.4 Å². The van der Waals surface area contributed by atoms with Crippen molar-refractivity contribution in [2.24, 2.45) is 5.73 Å². The van der Waals surface area contributed by atoms with Crippen molar-refractivity contribution in [1.82, 2.24) is 0 Å².